The van der Waals surface area contributed by atoms with Crippen molar-refractivity contribution in [1.82, 2.24) is 0 Å². The second kappa shape index (κ2) is 5.10. The van der Waals surface area contributed by atoms with Gasteiger partial charge in [-0.25, -0.2) is 0 Å². The Hall–Kier alpha value is -0.380. The van der Waals surface area contributed by atoms with Crippen LogP contribution in [-0.4, -0.2) is 29.7 Å². The van der Waals surface area contributed by atoms with Gasteiger partial charge >= 0.3 is 0 Å². The molecular weight excluding hydrogens is 230 g/mol. The fourth-order valence-corrected chi connectivity index (χ4v) is 2.82. The van der Waals surface area contributed by atoms with Gasteiger partial charge in [-0.3, -0.25) is 0 Å². The van der Waals surface area contributed by atoms with E-state index in [1.54, 1.807) is 0 Å². The molecule has 0 bridgehead atoms. The van der Waals surface area contributed by atoms with Crippen LogP contribution in [0.5, 0.6) is 0 Å². The fourth-order valence-electron chi connectivity index (χ4n) is 1.68. The average molecular weight is 244 g/mol. The van der Waals surface area contributed by atoms with E-state index in [1.165, 1.54) is 11.5 Å². The topological polar surface area (TPSA) is 23.5 Å². The van der Waals surface area contributed by atoms with E-state index in [1.807, 2.05) is 30.0 Å². The van der Waals surface area contributed by atoms with Crippen LogP contribution in [0.1, 0.15) is 5.56 Å². The normalized spacial score (nSPS) is 16.8. The Morgan fingerprint density at radius 1 is 1.33 bits per heavy atom. The predicted octanol–water partition coefficient (Wildman–Crippen LogP) is 2.39. The van der Waals surface area contributed by atoms with E-state index < -0.39 is 0 Å². The molecule has 1 saturated heterocycles. The third-order valence-corrected chi connectivity index (χ3v) is 3.88. The number of benzene rings is 1. The number of hydrogen-bond acceptors (Lipinski definition) is 3. The van der Waals surface area contributed by atoms with Gasteiger partial charge in [0.25, 0.3) is 0 Å². The Balaban J connectivity index is 2.17. The van der Waals surface area contributed by atoms with Gasteiger partial charge in [0.1, 0.15) is 0 Å². The van der Waals surface area contributed by atoms with Crippen molar-refractivity contribution >= 4 is 29.1 Å². The van der Waals surface area contributed by atoms with Gasteiger partial charge in [0.2, 0.25) is 0 Å². The summed E-state index contributed by atoms with van der Waals surface area (Å²) >= 11 is 8.05. The van der Waals surface area contributed by atoms with E-state index in [2.05, 4.69) is 4.90 Å². The van der Waals surface area contributed by atoms with Gasteiger partial charge in [-0.2, -0.15) is 11.8 Å². The van der Waals surface area contributed by atoms with E-state index in [9.17, 15) is 0 Å². The van der Waals surface area contributed by atoms with Crippen LogP contribution in [0, 0.1) is 0 Å². The molecule has 0 amide bonds. The summed E-state index contributed by atoms with van der Waals surface area (Å²) in [5.41, 5.74) is 1.96. The first kappa shape index (κ1) is 11.1. The molecule has 0 saturated carbocycles. The Morgan fingerprint density at radius 2 is 2.07 bits per heavy atom. The Morgan fingerprint density at radius 3 is 2.67 bits per heavy atom. The van der Waals surface area contributed by atoms with Gasteiger partial charge < -0.3 is 10.0 Å². The molecule has 1 heterocycles. The van der Waals surface area contributed by atoms with E-state index in [0.29, 0.717) is 5.02 Å². The highest BCUT2D eigenvalue weighted by atomic mass is 35.5. The minimum absolute atomic E-state index is 0.00889. The molecule has 0 spiro atoms. The lowest BCUT2D eigenvalue weighted by molar-refractivity contribution is 0.282. The third-order valence-electron chi connectivity index (χ3n) is 2.58. The van der Waals surface area contributed by atoms with Gasteiger partial charge in [0, 0.05) is 35.3 Å². The van der Waals surface area contributed by atoms with Crippen LogP contribution in [0.3, 0.4) is 0 Å². The zero-order valence-corrected chi connectivity index (χ0v) is 10.0. The van der Waals surface area contributed by atoms with E-state index in [0.717, 1.165) is 24.3 Å². The second-order valence-corrected chi connectivity index (χ2v) is 5.17. The van der Waals surface area contributed by atoms with Crippen molar-refractivity contribution in [2.75, 3.05) is 29.5 Å². The number of halogens is 1. The summed E-state index contributed by atoms with van der Waals surface area (Å²) in [4.78, 5) is 2.34. The largest absolute Gasteiger partial charge is 0.392 e. The molecule has 1 aromatic rings. The van der Waals surface area contributed by atoms with Gasteiger partial charge in [0.05, 0.1) is 6.61 Å². The van der Waals surface area contributed by atoms with E-state index in [-0.39, 0.29) is 6.61 Å². The van der Waals surface area contributed by atoms with Crippen LogP contribution in [-0.2, 0) is 6.61 Å². The lowest BCUT2D eigenvalue weighted by Gasteiger charge is -2.28. The zero-order valence-electron chi connectivity index (χ0n) is 8.45. The number of thioether (sulfide) groups is 1. The average Bonchev–Trinajstić information content (AvgIpc) is 2.30. The zero-order chi connectivity index (χ0) is 10.7. The van der Waals surface area contributed by atoms with Gasteiger partial charge in [-0.05, 0) is 17.7 Å². The lowest BCUT2D eigenvalue weighted by Crippen LogP contribution is -2.32. The second-order valence-electron chi connectivity index (χ2n) is 3.53. The number of nitrogens with zero attached hydrogens (tertiary/aromatic N) is 1. The molecule has 2 nitrogen and oxygen atoms in total. The van der Waals surface area contributed by atoms with Crippen LogP contribution in [0.4, 0.5) is 5.69 Å². The number of rotatable bonds is 2. The SMILES string of the molecule is OCc1ccc(N2CCSCC2)cc1Cl. The molecule has 1 aliphatic rings. The first-order valence-electron chi connectivity index (χ1n) is 5.03. The third kappa shape index (κ3) is 2.60. The first-order valence-corrected chi connectivity index (χ1v) is 6.56. The summed E-state index contributed by atoms with van der Waals surface area (Å²) < 4.78 is 0. The van der Waals surface area contributed by atoms with Crippen LogP contribution in [0.15, 0.2) is 18.2 Å². The number of aliphatic hydroxyl groups excluding tert-OH is 1. The highest BCUT2D eigenvalue weighted by Crippen LogP contribution is 2.25. The predicted molar refractivity (Wildman–Crippen MR) is 66.9 cm³/mol. The van der Waals surface area contributed by atoms with Crippen LogP contribution in [0.25, 0.3) is 0 Å². The van der Waals surface area contributed by atoms with Crippen molar-refractivity contribution in [3.63, 3.8) is 0 Å². The van der Waals surface area contributed by atoms with Crippen molar-refractivity contribution in [2.24, 2.45) is 0 Å². The molecular formula is C11H14ClNOS. The highest BCUT2D eigenvalue weighted by molar-refractivity contribution is 7.99. The summed E-state index contributed by atoms with van der Waals surface area (Å²) in [5.74, 6) is 2.36. The van der Waals surface area contributed by atoms with Crippen molar-refractivity contribution in [1.29, 1.82) is 0 Å². The molecule has 1 N–H and O–H groups in total. The molecule has 0 atom stereocenters. The smallest absolute Gasteiger partial charge is 0.0696 e. The maximum absolute atomic E-state index is 9.02. The van der Waals surface area contributed by atoms with Crippen molar-refractivity contribution in [3.8, 4) is 0 Å². The maximum Gasteiger partial charge on any atom is 0.0696 e. The minimum atomic E-state index is 0.00889. The molecule has 1 aromatic carbocycles. The quantitative estimate of drug-likeness (QED) is 0.863. The maximum atomic E-state index is 9.02. The Bertz CT molecular complexity index is 339. The van der Waals surface area contributed by atoms with Crippen molar-refractivity contribution in [3.05, 3.63) is 28.8 Å². The summed E-state index contributed by atoms with van der Waals surface area (Å²) in [6.07, 6.45) is 0. The molecule has 0 aromatic heterocycles. The number of anilines is 1. The monoisotopic (exact) mass is 243 g/mol. The van der Waals surface area contributed by atoms with E-state index >= 15 is 0 Å². The van der Waals surface area contributed by atoms with Gasteiger partial charge in [0.15, 0.2) is 0 Å². The van der Waals surface area contributed by atoms with Crippen molar-refractivity contribution < 1.29 is 5.11 Å². The fraction of sp³-hybridized carbons (Fsp3) is 0.455. The highest BCUT2D eigenvalue weighted by Gasteiger charge is 2.12. The van der Waals surface area contributed by atoms with Crippen LogP contribution < -0.4 is 4.90 Å². The molecule has 2 rings (SSSR count). The molecule has 0 unspecified atom stereocenters. The molecule has 82 valence electrons. The van der Waals surface area contributed by atoms with Crippen molar-refractivity contribution in [2.45, 2.75) is 6.61 Å². The summed E-state index contributed by atoms with van der Waals surface area (Å²) in [6, 6.07) is 5.88. The standard InChI is InChI=1S/C11H14ClNOS/c12-11-7-10(2-1-9(11)8-14)13-3-5-15-6-4-13/h1-2,7,14H,3-6,8H2. The molecule has 4 heteroatoms. The van der Waals surface area contributed by atoms with Crippen LogP contribution in [0.2, 0.25) is 5.02 Å². The summed E-state index contributed by atoms with van der Waals surface area (Å²) in [5, 5.41) is 9.68. The number of hydrogen-bond donors (Lipinski definition) is 1. The molecule has 1 aliphatic heterocycles. The number of aliphatic hydroxyl groups is 1. The molecule has 0 aliphatic carbocycles. The summed E-state index contributed by atoms with van der Waals surface area (Å²) in [7, 11) is 0. The summed E-state index contributed by atoms with van der Waals surface area (Å²) in [6.45, 7) is 2.17. The molecule has 15 heavy (non-hydrogen) atoms. The van der Waals surface area contributed by atoms with Gasteiger partial charge in [-0.1, -0.05) is 17.7 Å². The first-order chi connectivity index (χ1) is 7.31. The van der Waals surface area contributed by atoms with Crippen LogP contribution >= 0.6 is 23.4 Å². The Labute approximate surface area is 99.2 Å². The lowest BCUT2D eigenvalue weighted by atomic mass is 10.2. The van der Waals surface area contributed by atoms with E-state index in [4.69, 9.17) is 16.7 Å². The minimum Gasteiger partial charge on any atom is -0.392 e. The molecule has 1 fully saturated rings. The van der Waals surface area contributed by atoms with Gasteiger partial charge in [-0.15, -0.1) is 0 Å². The molecule has 0 radical (unpaired) electrons. The Kier molecular flexibility index (Phi) is 3.78.